The van der Waals surface area contributed by atoms with Gasteiger partial charge < -0.3 is 15.5 Å². The number of nitrogens with zero attached hydrogens (tertiary/aromatic N) is 3. The topological polar surface area (TPSA) is 70.1 Å². The van der Waals surface area contributed by atoms with Gasteiger partial charge in [0.2, 0.25) is 0 Å². The molecule has 160 valence electrons. The largest absolute Gasteiger partial charge is 0.416 e. The first-order valence-electron chi connectivity index (χ1n) is 9.54. The van der Waals surface area contributed by atoms with Crippen LogP contribution in [0, 0.1) is 0 Å². The van der Waals surface area contributed by atoms with Crippen LogP contribution in [0.3, 0.4) is 0 Å². The van der Waals surface area contributed by atoms with Crippen LogP contribution in [0.15, 0.2) is 42.6 Å². The van der Waals surface area contributed by atoms with Gasteiger partial charge in [-0.2, -0.15) is 18.3 Å². The predicted molar refractivity (Wildman–Crippen MR) is 108 cm³/mol. The second-order valence-electron chi connectivity index (χ2n) is 6.58. The first-order chi connectivity index (χ1) is 13.9. The summed E-state index contributed by atoms with van der Waals surface area (Å²) in [5.41, 5.74) is 0.0786. The zero-order valence-corrected chi connectivity index (χ0v) is 16.4. The zero-order valence-electron chi connectivity index (χ0n) is 16.4. The predicted octanol–water partition coefficient (Wildman–Crippen LogP) is 3.89. The molecule has 1 aromatic heterocycles. The van der Waals surface area contributed by atoms with Gasteiger partial charge >= 0.3 is 12.2 Å². The molecule has 9 heteroatoms. The molecule has 1 fully saturated rings. The van der Waals surface area contributed by atoms with E-state index in [4.69, 9.17) is 0 Å². The number of carbonyl (C=O) groups is 1. The summed E-state index contributed by atoms with van der Waals surface area (Å²) in [5, 5.41) is 12.9. The highest BCUT2D eigenvalue weighted by molar-refractivity contribution is 5.73. The van der Waals surface area contributed by atoms with Crippen molar-refractivity contribution in [2.24, 2.45) is 0 Å². The van der Waals surface area contributed by atoms with Crippen LogP contribution in [-0.4, -0.2) is 42.9 Å². The van der Waals surface area contributed by atoms with E-state index in [2.05, 4.69) is 25.7 Å². The second kappa shape index (κ2) is 11.2. The van der Waals surface area contributed by atoms with Crippen molar-refractivity contribution >= 4 is 11.8 Å². The fourth-order valence-electron chi connectivity index (χ4n) is 2.85. The number of rotatable bonds is 4. The molecule has 1 saturated heterocycles. The van der Waals surface area contributed by atoms with Gasteiger partial charge in [-0.1, -0.05) is 12.1 Å². The fraction of sp³-hybridized carbons (Fsp3) is 0.450. The molecule has 0 radical (unpaired) electrons. The molecule has 29 heavy (non-hydrogen) atoms. The summed E-state index contributed by atoms with van der Waals surface area (Å²) in [4.78, 5) is 13.1. The molecule has 2 heterocycles. The maximum atomic E-state index is 12.3. The van der Waals surface area contributed by atoms with Gasteiger partial charge in [-0.25, -0.2) is 4.79 Å². The van der Waals surface area contributed by atoms with E-state index >= 15 is 0 Å². The van der Waals surface area contributed by atoms with Gasteiger partial charge in [0.05, 0.1) is 5.56 Å². The number of hydrogen-bond donors (Lipinski definition) is 2. The van der Waals surface area contributed by atoms with Crippen molar-refractivity contribution in [2.75, 3.05) is 31.6 Å². The van der Waals surface area contributed by atoms with Crippen LogP contribution in [0.1, 0.15) is 31.8 Å². The van der Waals surface area contributed by atoms with Crippen molar-refractivity contribution in [1.82, 2.24) is 20.8 Å². The minimum Gasteiger partial charge on any atom is -0.355 e. The molecule has 1 aromatic carbocycles. The van der Waals surface area contributed by atoms with E-state index in [9.17, 15) is 18.0 Å². The van der Waals surface area contributed by atoms with Gasteiger partial charge in [0.25, 0.3) is 0 Å². The Kier molecular flexibility index (Phi) is 8.69. The maximum absolute atomic E-state index is 12.3. The van der Waals surface area contributed by atoms with E-state index in [1.807, 2.05) is 12.1 Å². The third-order valence-electron chi connectivity index (χ3n) is 4.45. The van der Waals surface area contributed by atoms with Crippen LogP contribution >= 0.6 is 0 Å². The Balaban J connectivity index is 0.000000304. The molecule has 2 amide bonds. The van der Waals surface area contributed by atoms with Crippen molar-refractivity contribution in [2.45, 2.75) is 31.9 Å². The van der Waals surface area contributed by atoms with E-state index in [1.54, 1.807) is 6.20 Å². The van der Waals surface area contributed by atoms with Gasteiger partial charge in [0.15, 0.2) is 5.82 Å². The Labute approximate surface area is 170 Å². The van der Waals surface area contributed by atoms with E-state index in [0.29, 0.717) is 13.0 Å². The summed E-state index contributed by atoms with van der Waals surface area (Å²) in [6.45, 7) is 2.66. The SMILES string of the molecule is CNC(=O)NCCc1ccc(C(F)(F)F)cc1.[HH].c1cnnc(N2CCCCC2)c1. The van der Waals surface area contributed by atoms with Gasteiger partial charge in [0.1, 0.15) is 0 Å². The molecule has 1 aliphatic rings. The highest BCUT2D eigenvalue weighted by Gasteiger charge is 2.29. The van der Waals surface area contributed by atoms with E-state index < -0.39 is 11.7 Å². The highest BCUT2D eigenvalue weighted by Crippen LogP contribution is 2.29. The number of halogens is 3. The van der Waals surface area contributed by atoms with Crippen LogP contribution in [0.25, 0.3) is 0 Å². The summed E-state index contributed by atoms with van der Waals surface area (Å²) >= 11 is 0. The highest BCUT2D eigenvalue weighted by atomic mass is 19.4. The fourth-order valence-corrected chi connectivity index (χ4v) is 2.85. The van der Waals surface area contributed by atoms with Crippen LogP contribution < -0.4 is 15.5 Å². The summed E-state index contributed by atoms with van der Waals surface area (Å²) < 4.78 is 36.8. The van der Waals surface area contributed by atoms with Crippen molar-refractivity contribution in [1.29, 1.82) is 0 Å². The van der Waals surface area contributed by atoms with Crippen molar-refractivity contribution in [3.05, 3.63) is 53.7 Å². The van der Waals surface area contributed by atoms with Gasteiger partial charge in [0, 0.05) is 34.3 Å². The molecule has 0 unspecified atom stereocenters. The quantitative estimate of drug-likeness (QED) is 0.801. The van der Waals surface area contributed by atoms with Crippen LogP contribution in [0.2, 0.25) is 0 Å². The summed E-state index contributed by atoms with van der Waals surface area (Å²) in [6.07, 6.45) is 1.84. The average Bonchev–Trinajstić information content (AvgIpc) is 2.75. The van der Waals surface area contributed by atoms with Crippen LogP contribution in [0.4, 0.5) is 23.8 Å². The molecule has 0 aliphatic carbocycles. The number of amides is 2. The monoisotopic (exact) mass is 411 g/mol. The number of nitrogens with one attached hydrogen (secondary N) is 2. The molecule has 0 bridgehead atoms. The Morgan fingerprint density at radius 3 is 2.38 bits per heavy atom. The lowest BCUT2D eigenvalue weighted by Gasteiger charge is -2.26. The maximum Gasteiger partial charge on any atom is 0.416 e. The smallest absolute Gasteiger partial charge is 0.355 e. The normalized spacial score (nSPS) is 13.9. The lowest BCUT2D eigenvalue weighted by Crippen LogP contribution is -2.33. The molecule has 0 spiro atoms. The molecule has 0 atom stereocenters. The van der Waals surface area contributed by atoms with Gasteiger partial charge in [-0.05, 0) is 55.5 Å². The average molecular weight is 411 g/mol. The summed E-state index contributed by atoms with van der Waals surface area (Å²) in [5.74, 6) is 1.03. The van der Waals surface area contributed by atoms with Gasteiger partial charge in [-0.15, -0.1) is 5.10 Å². The molecule has 1 aliphatic heterocycles. The van der Waals surface area contributed by atoms with E-state index in [0.717, 1.165) is 36.6 Å². The third kappa shape index (κ3) is 7.97. The zero-order chi connectivity index (χ0) is 21.1. The number of anilines is 1. The first-order valence-corrected chi connectivity index (χ1v) is 9.54. The molecule has 2 aromatic rings. The lowest BCUT2D eigenvalue weighted by atomic mass is 10.1. The Morgan fingerprint density at radius 1 is 1.14 bits per heavy atom. The third-order valence-corrected chi connectivity index (χ3v) is 4.45. The summed E-state index contributed by atoms with van der Waals surface area (Å²) in [6, 6.07) is 8.56. The standard InChI is InChI=1S/C11H13F3N2O.C9H13N3.H2/c1-15-10(17)16-7-6-8-2-4-9(5-3-8)11(12,13)14;1-2-7-12(8-3-1)9-5-4-6-10-11-9;/h2-5H,6-7H2,1H3,(H2,15,16,17);4-6H,1-3,7-8H2;1H. The van der Waals surface area contributed by atoms with E-state index in [1.165, 1.54) is 38.4 Å². The number of alkyl halides is 3. The summed E-state index contributed by atoms with van der Waals surface area (Å²) in [7, 11) is 1.49. The molecule has 0 saturated carbocycles. The van der Waals surface area contributed by atoms with Crippen molar-refractivity contribution in [3.63, 3.8) is 0 Å². The molecule has 6 nitrogen and oxygen atoms in total. The van der Waals surface area contributed by atoms with Gasteiger partial charge in [-0.3, -0.25) is 0 Å². The van der Waals surface area contributed by atoms with Crippen molar-refractivity contribution < 1.29 is 19.4 Å². The van der Waals surface area contributed by atoms with Crippen molar-refractivity contribution in [3.8, 4) is 0 Å². The van der Waals surface area contributed by atoms with Crippen LogP contribution in [0.5, 0.6) is 0 Å². The molecule has 2 N–H and O–H groups in total. The second-order valence-corrected chi connectivity index (χ2v) is 6.58. The molecular weight excluding hydrogens is 383 g/mol. The van der Waals surface area contributed by atoms with Crippen LogP contribution in [-0.2, 0) is 12.6 Å². The Bertz CT molecular complexity index is 738. The molecule has 3 rings (SSSR count). The number of hydrogen-bond acceptors (Lipinski definition) is 4. The minimum absolute atomic E-state index is 0. The number of piperidine rings is 1. The number of carbonyl (C=O) groups excluding carboxylic acids is 1. The van der Waals surface area contributed by atoms with E-state index in [-0.39, 0.29) is 7.46 Å². The minimum atomic E-state index is -4.31. The first kappa shape index (κ1) is 22.4. The Hall–Kier alpha value is -2.84. The number of aromatic nitrogens is 2. The molecular formula is C20H28F3N5O. The Morgan fingerprint density at radius 2 is 1.83 bits per heavy atom. The lowest BCUT2D eigenvalue weighted by molar-refractivity contribution is -0.137. The number of urea groups is 1. The number of benzene rings is 1.